The molecule has 0 fully saturated rings. The van der Waals surface area contributed by atoms with E-state index in [1.54, 1.807) is 6.08 Å². The van der Waals surface area contributed by atoms with Gasteiger partial charge < -0.3 is 20.6 Å². The van der Waals surface area contributed by atoms with E-state index in [0.717, 1.165) is 38.5 Å². The standard InChI is InChI=1S/C58H109NO4/c1-3-5-7-9-11-13-15-17-19-20-21-22-23-24-25-26-27-28-29-30-31-32-33-34-35-36-38-39-41-43-45-47-49-51-55(61)53-58(63)59-56(54-60)57(62)52-50-48-46-44-42-40-37-18-16-14-12-10-8-6-4-2/h23-24,26-27,42,44,50,52,55-57,60-62H,3-22,25,28-41,43,45-49,51,53-54H2,1-2H3,(H,59,63)/b24-23-,27-26-,44-42+,52-50+. The van der Waals surface area contributed by atoms with Gasteiger partial charge in [-0.25, -0.2) is 0 Å². The van der Waals surface area contributed by atoms with Crippen molar-refractivity contribution in [3.05, 3.63) is 48.6 Å². The van der Waals surface area contributed by atoms with E-state index >= 15 is 0 Å². The van der Waals surface area contributed by atoms with E-state index in [0.29, 0.717) is 6.42 Å². The van der Waals surface area contributed by atoms with E-state index in [1.807, 2.05) is 6.08 Å². The van der Waals surface area contributed by atoms with Crippen LogP contribution >= 0.6 is 0 Å². The molecule has 0 spiro atoms. The summed E-state index contributed by atoms with van der Waals surface area (Å²) in [7, 11) is 0. The van der Waals surface area contributed by atoms with Crippen LogP contribution in [0.15, 0.2) is 48.6 Å². The van der Waals surface area contributed by atoms with E-state index in [2.05, 4.69) is 55.6 Å². The number of aliphatic hydroxyl groups excluding tert-OH is 3. The number of unbranched alkanes of at least 4 members (excludes halogenated alkanes) is 36. The molecule has 0 aromatic heterocycles. The van der Waals surface area contributed by atoms with Crippen molar-refractivity contribution < 1.29 is 20.1 Å². The fourth-order valence-electron chi connectivity index (χ4n) is 8.56. The number of hydrogen-bond acceptors (Lipinski definition) is 4. The Balaban J connectivity index is 3.55. The topological polar surface area (TPSA) is 89.8 Å². The third kappa shape index (κ3) is 49.6. The first kappa shape index (κ1) is 61.3. The summed E-state index contributed by atoms with van der Waals surface area (Å²) in [6.07, 6.45) is 70.2. The Kier molecular flexibility index (Phi) is 51.5. The fourth-order valence-corrected chi connectivity index (χ4v) is 8.56. The Hall–Kier alpha value is -1.69. The van der Waals surface area contributed by atoms with E-state index in [9.17, 15) is 20.1 Å². The van der Waals surface area contributed by atoms with Crippen molar-refractivity contribution in [2.75, 3.05) is 6.61 Å². The van der Waals surface area contributed by atoms with Crippen molar-refractivity contribution >= 4 is 5.91 Å². The van der Waals surface area contributed by atoms with Gasteiger partial charge >= 0.3 is 0 Å². The predicted octanol–water partition coefficient (Wildman–Crippen LogP) is 17.2. The molecule has 4 N–H and O–H groups in total. The van der Waals surface area contributed by atoms with Gasteiger partial charge in [-0.05, 0) is 64.2 Å². The second-order valence-corrected chi connectivity index (χ2v) is 19.2. The normalized spacial score (nSPS) is 13.7. The first-order valence-corrected chi connectivity index (χ1v) is 27.9. The lowest BCUT2D eigenvalue weighted by Gasteiger charge is -2.21. The fraction of sp³-hybridized carbons (Fsp3) is 0.845. The first-order valence-electron chi connectivity index (χ1n) is 27.9. The third-order valence-corrected chi connectivity index (χ3v) is 12.8. The number of hydrogen-bond donors (Lipinski definition) is 4. The van der Waals surface area contributed by atoms with Gasteiger partial charge in [-0.15, -0.1) is 0 Å². The molecule has 0 aliphatic rings. The smallest absolute Gasteiger partial charge is 0.222 e. The molecule has 63 heavy (non-hydrogen) atoms. The van der Waals surface area contributed by atoms with Gasteiger partial charge in [0.15, 0.2) is 0 Å². The quantitative estimate of drug-likeness (QED) is 0.0362. The number of aliphatic hydroxyl groups is 3. The molecule has 0 aliphatic carbocycles. The molecule has 0 heterocycles. The van der Waals surface area contributed by atoms with Gasteiger partial charge in [0.25, 0.3) is 0 Å². The minimum absolute atomic E-state index is 0.00604. The largest absolute Gasteiger partial charge is 0.394 e. The number of carbonyl (C=O) groups is 1. The SMILES string of the molecule is CCCCCCCCCCC/C=C/CC/C=C/C(O)C(CO)NC(=O)CC(O)CCCCCCCCCCCCCCCCC/C=C\C/C=C\CCCCCCCCCCCCC. The number of amides is 1. The van der Waals surface area contributed by atoms with Crippen molar-refractivity contribution in [2.24, 2.45) is 0 Å². The Morgan fingerprint density at radius 1 is 0.413 bits per heavy atom. The molecule has 0 bridgehead atoms. The highest BCUT2D eigenvalue weighted by molar-refractivity contribution is 5.76. The van der Waals surface area contributed by atoms with Gasteiger partial charge in [0, 0.05) is 0 Å². The van der Waals surface area contributed by atoms with E-state index in [1.165, 1.54) is 225 Å². The van der Waals surface area contributed by atoms with Gasteiger partial charge in [-0.2, -0.15) is 0 Å². The number of allylic oxidation sites excluding steroid dienone is 7. The molecule has 0 aliphatic heterocycles. The molecular weight excluding hydrogens is 775 g/mol. The van der Waals surface area contributed by atoms with Crippen LogP contribution in [0.5, 0.6) is 0 Å². The minimum Gasteiger partial charge on any atom is -0.394 e. The van der Waals surface area contributed by atoms with Crippen molar-refractivity contribution in [2.45, 2.75) is 308 Å². The minimum atomic E-state index is -0.952. The zero-order chi connectivity index (χ0) is 45.8. The molecule has 0 saturated carbocycles. The van der Waals surface area contributed by atoms with E-state index in [-0.39, 0.29) is 18.9 Å². The van der Waals surface area contributed by atoms with Crippen LogP contribution in [0.1, 0.15) is 290 Å². The molecule has 0 aromatic rings. The van der Waals surface area contributed by atoms with E-state index in [4.69, 9.17) is 0 Å². The summed E-state index contributed by atoms with van der Waals surface area (Å²) < 4.78 is 0. The second kappa shape index (κ2) is 52.9. The average Bonchev–Trinajstić information content (AvgIpc) is 3.28. The lowest BCUT2D eigenvalue weighted by atomic mass is 10.0. The zero-order valence-electron chi connectivity index (χ0n) is 42.2. The summed E-state index contributed by atoms with van der Waals surface area (Å²) in [5.74, 6) is -0.324. The Morgan fingerprint density at radius 2 is 0.730 bits per heavy atom. The monoisotopic (exact) mass is 884 g/mol. The lowest BCUT2D eigenvalue weighted by Crippen LogP contribution is -2.45. The van der Waals surface area contributed by atoms with Crippen LogP contribution in [0.4, 0.5) is 0 Å². The maximum absolute atomic E-state index is 12.5. The van der Waals surface area contributed by atoms with Gasteiger partial charge in [0.1, 0.15) is 0 Å². The van der Waals surface area contributed by atoms with Crippen LogP contribution in [0.25, 0.3) is 0 Å². The highest BCUT2D eigenvalue weighted by atomic mass is 16.3. The van der Waals surface area contributed by atoms with Crippen LogP contribution in [0.3, 0.4) is 0 Å². The first-order chi connectivity index (χ1) is 31.0. The van der Waals surface area contributed by atoms with Crippen LogP contribution in [0, 0.1) is 0 Å². The molecule has 5 nitrogen and oxygen atoms in total. The number of carbonyl (C=O) groups excluding carboxylic acids is 1. The predicted molar refractivity (Wildman–Crippen MR) is 277 cm³/mol. The summed E-state index contributed by atoms with van der Waals surface area (Å²) >= 11 is 0. The third-order valence-electron chi connectivity index (χ3n) is 12.8. The average molecular weight is 885 g/mol. The highest BCUT2D eigenvalue weighted by Gasteiger charge is 2.20. The van der Waals surface area contributed by atoms with Crippen LogP contribution in [-0.4, -0.2) is 46.1 Å². The summed E-state index contributed by atoms with van der Waals surface area (Å²) in [6, 6.07) is -0.761. The maximum atomic E-state index is 12.5. The molecule has 3 unspecified atom stereocenters. The van der Waals surface area contributed by atoms with Crippen LogP contribution in [0.2, 0.25) is 0 Å². The molecule has 0 rings (SSSR count). The van der Waals surface area contributed by atoms with Gasteiger partial charge in [0.05, 0.1) is 31.3 Å². The van der Waals surface area contributed by atoms with Gasteiger partial charge in [0.2, 0.25) is 5.91 Å². The molecular formula is C58H109NO4. The van der Waals surface area contributed by atoms with Gasteiger partial charge in [-0.3, -0.25) is 4.79 Å². The van der Waals surface area contributed by atoms with Crippen molar-refractivity contribution in [1.82, 2.24) is 5.32 Å². The van der Waals surface area contributed by atoms with Gasteiger partial charge in [-0.1, -0.05) is 268 Å². The molecule has 0 aromatic carbocycles. The number of rotatable bonds is 51. The van der Waals surface area contributed by atoms with Crippen LogP contribution < -0.4 is 5.32 Å². The highest BCUT2D eigenvalue weighted by Crippen LogP contribution is 2.17. The summed E-state index contributed by atoms with van der Waals surface area (Å²) in [4.78, 5) is 12.5. The van der Waals surface area contributed by atoms with Crippen molar-refractivity contribution in [3.8, 4) is 0 Å². The summed E-state index contributed by atoms with van der Waals surface area (Å²) in [5, 5.41) is 33.3. The van der Waals surface area contributed by atoms with E-state index < -0.39 is 18.2 Å². The lowest BCUT2D eigenvalue weighted by molar-refractivity contribution is -0.124. The molecule has 5 heteroatoms. The van der Waals surface area contributed by atoms with Crippen molar-refractivity contribution in [1.29, 1.82) is 0 Å². The van der Waals surface area contributed by atoms with Crippen molar-refractivity contribution in [3.63, 3.8) is 0 Å². The Bertz CT molecular complexity index is 1020. The molecule has 0 saturated heterocycles. The molecule has 1 amide bonds. The zero-order valence-corrected chi connectivity index (χ0v) is 42.2. The summed E-state index contributed by atoms with van der Waals surface area (Å²) in [5.41, 5.74) is 0. The summed E-state index contributed by atoms with van der Waals surface area (Å²) in [6.45, 7) is 4.21. The molecule has 370 valence electrons. The van der Waals surface area contributed by atoms with Crippen LogP contribution in [-0.2, 0) is 4.79 Å². The Morgan fingerprint density at radius 3 is 1.11 bits per heavy atom. The molecule has 0 radical (unpaired) electrons. The maximum Gasteiger partial charge on any atom is 0.222 e. The number of nitrogens with one attached hydrogen (secondary N) is 1. The second-order valence-electron chi connectivity index (χ2n) is 19.2. The Labute approximate surface area is 393 Å². The molecule has 3 atom stereocenters.